The number of halogens is 1. The Morgan fingerprint density at radius 1 is 0.857 bits per heavy atom. The molecule has 0 saturated carbocycles. The standard InChI is InChI=1S/C12H26.CH3F/c1-5-8-10-12(4,7-3)11-9-6-2;1-2/h5-11H2,1-4H3;1H3. The van der Waals surface area contributed by atoms with Gasteiger partial charge >= 0.3 is 0 Å². The third-order valence-electron chi connectivity index (χ3n) is 3.12. The molecule has 0 heterocycles. The lowest BCUT2D eigenvalue weighted by Crippen LogP contribution is -2.14. The van der Waals surface area contributed by atoms with Crippen molar-refractivity contribution in [2.24, 2.45) is 5.41 Å². The van der Waals surface area contributed by atoms with E-state index in [-0.39, 0.29) is 0 Å². The molecule has 0 aromatic heterocycles. The molecule has 0 bridgehead atoms. The molecule has 0 spiro atoms. The Bertz CT molecular complexity index is 91.4. The fourth-order valence-electron chi connectivity index (χ4n) is 1.69. The third kappa shape index (κ3) is 8.52. The van der Waals surface area contributed by atoms with Crippen LogP contribution < -0.4 is 0 Å². The molecule has 0 saturated heterocycles. The van der Waals surface area contributed by atoms with Crippen LogP contribution in [-0.2, 0) is 0 Å². The van der Waals surface area contributed by atoms with Crippen LogP contribution in [0, 0.1) is 5.41 Å². The molecule has 0 N–H and O–H groups in total. The van der Waals surface area contributed by atoms with Crippen molar-refractivity contribution < 1.29 is 4.39 Å². The first-order valence-corrected chi connectivity index (χ1v) is 6.06. The summed E-state index contributed by atoms with van der Waals surface area (Å²) in [6.45, 7) is 9.37. The van der Waals surface area contributed by atoms with Gasteiger partial charge in [0.25, 0.3) is 0 Å². The average Bonchev–Trinajstić information content (AvgIpc) is 2.26. The second-order valence-electron chi connectivity index (χ2n) is 4.37. The van der Waals surface area contributed by atoms with E-state index in [0.717, 1.165) is 0 Å². The van der Waals surface area contributed by atoms with E-state index in [1.807, 2.05) is 0 Å². The van der Waals surface area contributed by atoms with Gasteiger partial charge in [-0.1, -0.05) is 59.8 Å². The van der Waals surface area contributed by atoms with Crippen LogP contribution in [0.3, 0.4) is 0 Å². The highest BCUT2D eigenvalue weighted by molar-refractivity contribution is 4.72. The van der Waals surface area contributed by atoms with Crippen LogP contribution in [0.15, 0.2) is 0 Å². The number of unbranched alkanes of at least 4 members (excludes halogenated alkanes) is 2. The van der Waals surface area contributed by atoms with Gasteiger partial charge in [0.15, 0.2) is 0 Å². The van der Waals surface area contributed by atoms with Crippen molar-refractivity contribution in [1.82, 2.24) is 0 Å². The zero-order valence-electron chi connectivity index (χ0n) is 10.8. The molecule has 0 atom stereocenters. The monoisotopic (exact) mass is 204 g/mol. The number of alkyl halides is 1. The number of hydrogen-bond acceptors (Lipinski definition) is 0. The van der Waals surface area contributed by atoms with Crippen LogP contribution in [0.5, 0.6) is 0 Å². The smallest absolute Gasteiger partial charge is 0.0785 e. The number of rotatable bonds is 7. The molecule has 0 aliphatic carbocycles. The predicted octanol–water partition coefficient (Wildman–Crippen LogP) is 5.37. The van der Waals surface area contributed by atoms with E-state index in [4.69, 9.17) is 0 Å². The van der Waals surface area contributed by atoms with E-state index in [9.17, 15) is 4.39 Å². The minimum absolute atomic E-state index is 0.500. The summed E-state index contributed by atoms with van der Waals surface area (Å²) >= 11 is 0. The maximum Gasteiger partial charge on any atom is 0.0785 e. The zero-order chi connectivity index (χ0) is 11.4. The van der Waals surface area contributed by atoms with Crippen LogP contribution in [0.1, 0.15) is 72.6 Å². The molecule has 0 unspecified atom stereocenters. The van der Waals surface area contributed by atoms with Gasteiger partial charge in [0, 0.05) is 0 Å². The molecule has 14 heavy (non-hydrogen) atoms. The van der Waals surface area contributed by atoms with Gasteiger partial charge in [0.1, 0.15) is 0 Å². The zero-order valence-corrected chi connectivity index (χ0v) is 10.8. The van der Waals surface area contributed by atoms with E-state index < -0.39 is 0 Å². The molecule has 0 aliphatic heterocycles. The quantitative estimate of drug-likeness (QED) is 0.523. The highest BCUT2D eigenvalue weighted by atomic mass is 19.1. The van der Waals surface area contributed by atoms with Gasteiger partial charge in [-0.2, -0.15) is 0 Å². The van der Waals surface area contributed by atoms with Gasteiger partial charge in [0.2, 0.25) is 0 Å². The van der Waals surface area contributed by atoms with Crippen molar-refractivity contribution in [3.63, 3.8) is 0 Å². The van der Waals surface area contributed by atoms with Crippen LogP contribution in [0.4, 0.5) is 4.39 Å². The van der Waals surface area contributed by atoms with Crippen LogP contribution in [-0.4, -0.2) is 7.18 Å². The molecular formula is C13H29F. The molecule has 0 aromatic carbocycles. The Morgan fingerprint density at radius 2 is 1.21 bits per heavy atom. The van der Waals surface area contributed by atoms with Crippen molar-refractivity contribution in [3.8, 4) is 0 Å². The van der Waals surface area contributed by atoms with Gasteiger partial charge in [-0.05, 0) is 18.3 Å². The van der Waals surface area contributed by atoms with Crippen molar-refractivity contribution in [2.75, 3.05) is 7.18 Å². The number of hydrogen-bond donors (Lipinski definition) is 0. The fourth-order valence-corrected chi connectivity index (χ4v) is 1.69. The van der Waals surface area contributed by atoms with E-state index in [0.29, 0.717) is 12.6 Å². The molecule has 0 aromatic rings. The first kappa shape index (κ1) is 16.4. The van der Waals surface area contributed by atoms with Crippen molar-refractivity contribution >= 4 is 0 Å². The second kappa shape index (κ2) is 11.0. The molecule has 0 nitrogen and oxygen atoms in total. The summed E-state index contributed by atoms with van der Waals surface area (Å²) < 4.78 is 9.50. The Labute approximate surface area is 90.3 Å². The summed E-state index contributed by atoms with van der Waals surface area (Å²) in [5.74, 6) is 0. The van der Waals surface area contributed by atoms with E-state index in [1.165, 1.54) is 44.9 Å². The Kier molecular flexibility index (Phi) is 12.9. The maximum atomic E-state index is 9.50. The fraction of sp³-hybridized carbons (Fsp3) is 1.00. The van der Waals surface area contributed by atoms with Crippen LogP contribution in [0.25, 0.3) is 0 Å². The van der Waals surface area contributed by atoms with E-state index >= 15 is 0 Å². The molecular weight excluding hydrogens is 175 g/mol. The third-order valence-corrected chi connectivity index (χ3v) is 3.12. The Hall–Kier alpha value is -0.0700. The molecule has 1 heteroatoms. The normalized spacial score (nSPS) is 10.7. The summed E-state index contributed by atoms with van der Waals surface area (Å²) in [4.78, 5) is 0. The van der Waals surface area contributed by atoms with E-state index in [2.05, 4.69) is 27.7 Å². The van der Waals surface area contributed by atoms with Gasteiger partial charge < -0.3 is 0 Å². The lowest BCUT2D eigenvalue weighted by Gasteiger charge is -2.28. The van der Waals surface area contributed by atoms with Crippen molar-refractivity contribution in [1.29, 1.82) is 0 Å². The van der Waals surface area contributed by atoms with E-state index in [1.54, 1.807) is 0 Å². The SMILES string of the molecule is CCCCC(C)(CC)CCCC.CF. The largest absolute Gasteiger partial charge is 0.255 e. The summed E-state index contributed by atoms with van der Waals surface area (Å²) in [7, 11) is 0.500. The lowest BCUT2D eigenvalue weighted by atomic mass is 9.78. The summed E-state index contributed by atoms with van der Waals surface area (Å²) in [5, 5.41) is 0. The van der Waals surface area contributed by atoms with Crippen LogP contribution in [0.2, 0.25) is 0 Å². The van der Waals surface area contributed by atoms with Crippen molar-refractivity contribution in [3.05, 3.63) is 0 Å². The van der Waals surface area contributed by atoms with Crippen LogP contribution >= 0.6 is 0 Å². The summed E-state index contributed by atoms with van der Waals surface area (Å²) in [6, 6.07) is 0. The van der Waals surface area contributed by atoms with Gasteiger partial charge in [-0.3, -0.25) is 4.39 Å². The molecule has 0 rings (SSSR count). The van der Waals surface area contributed by atoms with Gasteiger partial charge in [-0.25, -0.2) is 0 Å². The predicted molar refractivity (Wildman–Crippen MR) is 64.5 cm³/mol. The Balaban J connectivity index is 0. The summed E-state index contributed by atoms with van der Waals surface area (Å²) in [5.41, 5.74) is 0.645. The molecule has 0 amide bonds. The molecule has 0 radical (unpaired) electrons. The second-order valence-corrected chi connectivity index (χ2v) is 4.37. The topological polar surface area (TPSA) is 0 Å². The highest BCUT2D eigenvalue weighted by Crippen LogP contribution is 2.33. The highest BCUT2D eigenvalue weighted by Gasteiger charge is 2.19. The first-order valence-electron chi connectivity index (χ1n) is 6.06. The van der Waals surface area contributed by atoms with Gasteiger partial charge in [0.05, 0.1) is 7.18 Å². The lowest BCUT2D eigenvalue weighted by molar-refractivity contribution is 0.246. The first-order chi connectivity index (χ1) is 6.68. The minimum atomic E-state index is 0.500. The molecule has 0 fully saturated rings. The molecule has 0 aliphatic rings. The Morgan fingerprint density at radius 3 is 1.43 bits per heavy atom. The summed E-state index contributed by atoms with van der Waals surface area (Å²) in [6.07, 6.45) is 9.73. The minimum Gasteiger partial charge on any atom is -0.255 e. The maximum absolute atomic E-state index is 9.50. The average molecular weight is 204 g/mol. The molecule has 88 valence electrons. The van der Waals surface area contributed by atoms with Crippen molar-refractivity contribution in [2.45, 2.75) is 72.6 Å². The van der Waals surface area contributed by atoms with Gasteiger partial charge in [-0.15, -0.1) is 0 Å².